The van der Waals surface area contributed by atoms with Crippen molar-refractivity contribution in [3.05, 3.63) is 24.4 Å². The first kappa shape index (κ1) is 7.44. The van der Waals surface area contributed by atoms with E-state index in [0.717, 1.165) is 10.8 Å². The predicted molar refractivity (Wildman–Crippen MR) is 55.0 cm³/mol. The minimum absolute atomic E-state index is 0.879. The van der Waals surface area contributed by atoms with Crippen molar-refractivity contribution in [2.75, 3.05) is 0 Å². The first-order chi connectivity index (χ1) is 6.42. The molecular weight excluding hydrogens is 180 g/mol. The number of benzene rings is 1. The molecule has 1 aliphatic carbocycles. The quantitative estimate of drug-likeness (QED) is 0.788. The molecule has 1 aliphatic rings. The van der Waals surface area contributed by atoms with E-state index in [4.69, 9.17) is 0 Å². The molecule has 1 fully saturated rings. The molecule has 2 nitrogen and oxygen atoms in total. The van der Waals surface area contributed by atoms with E-state index in [2.05, 4.69) is 28.4 Å². The zero-order valence-electron chi connectivity index (χ0n) is 7.16. The van der Waals surface area contributed by atoms with Crippen molar-refractivity contribution in [2.24, 2.45) is 0 Å². The summed E-state index contributed by atoms with van der Waals surface area (Å²) in [5.74, 6) is 0. The Labute approximate surface area is 80.7 Å². The normalized spacial score (nSPS) is 16.6. The second-order valence-corrected chi connectivity index (χ2v) is 4.81. The van der Waals surface area contributed by atoms with Gasteiger partial charge in [0.05, 0.1) is 11.7 Å². The number of rotatable bonds is 2. The van der Waals surface area contributed by atoms with E-state index < -0.39 is 0 Å². The standard InChI is InChI=1S/C10H10N2S/c1-2-8(1)13-9-3-4-10-7(5-9)6-11-12-10/h3-6,8H,1-2H2,(H,11,12). The van der Waals surface area contributed by atoms with Gasteiger partial charge in [-0.2, -0.15) is 5.10 Å². The van der Waals surface area contributed by atoms with Crippen molar-refractivity contribution in [1.29, 1.82) is 0 Å². The maximum Gasteiger partial charge on any atom is 0.0651 e. The van der Waals surface area contributed by atoms with Crippen molar-refractivity contribution in [3.8, 4) is 0 Å². The minimum atomic E-state index is 0.879. The summed E-state index contributed by atoms with van der Waals surface area (Å²) in [5, 5.41) is 9.05. The summed E-state index contributed by atoms with van der Waals surface area (Å²) in [4.78, 5) is 1.37. The fourth-order valence-corrected chi connectivity index (χ4v) is 2.47. The van der Waals surface area contributed by atoms with Crippen LogP contribution in [-0.2, 0) is 0 Å². The zero-order chi connectivity index (χ0) is 8.67. The molecule has 3 rings (SSSR count). The van der Waals surface area contributed by atoms with E-state index in [-0.39, 0.29) is 0 Å². The summed E-state index contributed by atoms with van der Waals surface area (Å²) in [6.45, 7) is 0. The summed E-state index contributed by atoms with van der Waals surface area (Å²) in [6.07, 6.45) is 4.65. The molecule has 1 saturated carbocycles. The largest absolute Gasteiger partial charge is 0.278 e. The highest BCUT2D eigenvalue weighted by Gasteiger charge is 2.22. The minimum Gasteiger partial charge on any atom is -0.278 e. The molecule has 0 bridgehead atoms. The molecule has 0 radical (unpaired) electrons. The van der Waals surface area contributed by atoms with E-state index in [0.29, 0.717) is 0 Å². The van der Waals surface area contributed by atoms with Crippen LogP contribution < -0.4 is 0 Å². The Morgan fingerprint density at radius 3 is 3.15 bits per heavy atom. The van der Waals surface area contributed by atoms with Gasteiger partial charge in [-0.25, -0.2) is 0 Å². The molecule has 0 spiro atoms. The van der Waals surface area contributed by atoms with Gasteiger partial charge in [0.1, 0.15) is 0 Å². The fraction of sp³-hybridized carbons (Fsp3) is 0.300. The molecule has 2 aromatic rings. The van der Waals surface area contributed by atoms with Crippen LogP contribution in [0.5, 0.6) is 0 Å². The van der Waals surface area contributed by atoms with E-state index >= 15 is 0 Å². The molecule has 0 aliphatic heterocycles. The number of fused-ring (bicyclic) bond motifs is 1. The van der Waals surface area contributed by atoms with Crippen LogP contribution in [0.25, 0.3) is 10.9 Å². The Morgan fingerprint density at radius 2 is 2.31 bits per heavy atom. The molecule has 0 atom stereocenters. The number of aromatic amines is 1. The second-order valence-electron chi connectivity index (χ2n) is 3.44. The van der Waals surface area contributed by atoms with Gasteiger partial charge >= 0.3 is 0 Å². The van der Waals surface area contributed by atoms with Gasteiger partial charge in [-0.05, 0) is 31.0 Å². The number of nitrogens with one attached hydrogen (secondary N) is 1. The molecule has 13 heavy (non-hydrogen) atoms. The van der Waals surface area contributed by atoms with Gasteiger partial charge in [-0.3, -0.25) is 5.10 Å². The maximum absolute atomic E-state index is 4.00. The lowest BCUT2D eigenvalue weighted by Gasteiger charge is -1.97. The molecule has 3 heteroatoms. The van der Waals surface area contributed by atoms with E-state index in [1.807, 2.05) is 18.0 Å². The number of nitrogens with zero attached hydrogens (tertiary/aromatic N) is 1. The van der Waals surface area contributed by atoms with Gasteiger partial charge in [-0.1, -0.05) is 0 Å². The highest BCUT2D eigenvalue weighted by molar-refractivity contribution is 8.00. The average molecular weight is 190 g/mol. The first-order valence-corrected chi connectivity index (χ1v) is 5.39. The van der Waals surface area contributed by atoms with Crippen LogP contribution in [0, 0.1) is 0 Å². The smallest absolute Gasteiger partial charge is 0.0651 e. The zero-order valence-corrected chi connectivity index (χ0v) is 7.97. The van der Waals surface area contributed by atoms with Gasteiger partial charge in [0.15, 0.2) is 0 Å². The van der Waals surface area contributed by atoms with Crippen LogP contribution in [0.3, 0.4) is 0 Å². The summed E-state index contributed by atoms with van der Waals surface area (Å²) < 4.78 is 0. The Bertz CT molecular complexity index is 431. The first-order valence-electron chi connectivity index (χ1n) is 4.51. The Kier molecular flexibility index (Phi) is 1.59. The van der Waals surface area contributed by atoms with Crippen LogP contribution >= 0.6 is 11.8 Å². The second kappa shape index (κ2) is 2.77. The van der Waals surface area contributed by atoms with E-state index in [9.17, 15) is 0 Å². The van der Waals surface area contributed by atoms with Gasteiger partial charge in [0.2, 0.25) is 0 Å². The fourth-order valence-electron chi connectivity index (χ4n) is 1.37. The average Bonchev–Trinajstić information content (AvgIpc) is 2.83. The number of hydrogen-bond acceptors (Lipinski definition) is 2. The van der Waals surface area contributed by atoms with Crippen molar-refractivity contribution < 1.29 is 0 Å². The van der Waals surface area contributed by atoms with Crippen LogP contribution in [0.2, 0.25) is 0 Å². The Hall–Kier alpha value is -0.960. The van der Waals surface area contributed by atoms with Crippen LogP contribution in [0.15, 0.2) is 29.3 Å². The van der Waals surface area contributed by atoms with Crippen molar-refractivity contribution in [2.45, 2.75) is 23.0 Å². The monoisotopic (exact) mass is 190 g/mol. The van der Waals surface area contributed by atoms with Crippen molar-refractivity contribution >= 4 is 22.7 Å². The highest BCUT2D eigenvalue weighted by Crippen LogP contribution is 2.39. The van der Waals surface area contributed by atoms with Crippen molar-refractivity contribution in [3.63, 3.8) is 0 Å². The maximum atomic E-state index is 4.00. The number of hydrogen-bond donors (Lipinski definition) is 1. The molecule has 1 aromatic carbocycles. The number of aromatic nitrogens is 2. The third-order valence-corrected chi connectivity index (χ3v) is 3.57. The lowest BCUT2D eigenvalue weighted by atomic mass is 10.3. The van der Waals surface area contributed by atoms with Crippen LogP contribution in [0.1, 0.15) is 12.8 Å². The van der Waals surface area contributed by atoms with Gasteiger partial charge < -0.3 is 0 Å². The topological polar surface area (TPSA) is 28.7 Å². The summed E-state index contributed by atoms with van der Waals surface area (Å²) in [5.41, 5.74) is 1.13. The molecule has 66 valence electrons. The van der Waals surface area contributed by atoms with Gasteiger partial charge in [0.25, 0.3) is 0 Å². The third-order valence-electron chi connectivity index (χ3n) is 2.24. The van der Waals surface area contributed by atoms with E-state index in [1.165, 1.54) is 23.1 Å². The Balaban J connectivity index is 1.99. The summed E-state index contributed by atoms with van der Waals surface area (Å²) >= 11 is 1.99. The summed E-state index contributed by atoms with van der Waals surface area (Å²) in [6, 6.07) is 6.48. The molecule has 1 N–H and O–H groups in total. The van der Waals surface area contributed by atoms with Crippen LogP contribution in [0.4, 0.5) is 0 Å². The molecule has 0 saturated heterocycles. The lowest BCUT2D eigenvalue weighted by Crippen LogP contribution is -1.75. The number of H-pyrrole nitrogens is 1. The highest BCUT2D eigenvalue weighted by atomic mass is 32.2. The van der Waals surface area contributed by atoms with Gasteiger partial charge in [-0.15, -0.1) is 11.8 Å². The van der Waals surface area contributed by atoms with E-state index in [1.54, 1.807) is 0 Å². The SMILES string of the molecule is c1cc2[nH]ncc2cc1SC1CC1. The van der Waals surface area contributed by atoms with Gasteiger partial charge in [0, 0.05) is 15.5 Å². The summed E-state index contributed by atoms with van der Waals surface area (Å²) in [7, 11) is 0. The molecule has 0 unspecified atom stereocenters. The molecular formula is C10H10N2S. The van der Waals surface area contributed by atoms with Crippen molar-refractivity contribution in [1.82, 2.24) is 10.2 Å². The molecule has 1 heterocycles. The third kappa shape index (κ3) is 1.44. The lowest BCUT2D eigenvalue weighted by molar-refractivity contribution is 1.12. The van der Waals surface area contributed by atoms with Crippen LogP contribution in [-0.4, -0.2) is 15.4 Å². The predicted octanol–water partition coefficient (Wildman–Crippen LogP) is 2.82. The number of thioether (sulfide) groups is 1. The molecule has 1 aromatic heterocycles. The Morgan fingerprint density at radius 1 is 1.38 bits per heavy atom. The molecule has 0 amide bonds.